The lowest BCUT2D eigenvalue weighted by Gasteiger charge is -2.26. The second-order valence-electron chi connectivity index (χ2n) is 5.09. The number of pyridine rings is 1. The zero-order valence-electron chi connectivity index (χ0n) is 11.8. The maximum absolute atomic E-state index is 5.95. The Morgan fingerprint density at radius 2 is 2.20 bits per heavy atom. The number of benzene rings is 1. The SMILES string of the molecule is CCCNCc1cc2ccccc2c(OC2COC2)n1. The molecule has 0 spiro atoms. The van der Waals surface area contributed by atoms with E-state index in [2.05, 4.69) is 35.4 Å². The molecule has 106 valence electrons. The molecule has 0 saturated carbocycles. The summed E-state index contributed by atoms with van der Waals surface area (Å²) in [6.07, 6.45) is 1.26. The van der Waals surface area contributed by atoms with E-state index in [-0.39, 0.29) is 6.10 Å². The summed E-state index contributed by atoms with van der Waals surface area (Å²) < 4.78 is 11.1. The van der Waals surface area contributed by atoms with E-state index in [1.807, 2.05) is 12.1 Å². The van der Waals surface area contributed by atoms with Crippen LogP contribution in [0.3, 0.4) is 0 Å². The molecule has 1 aromatic carbocycles. The van der Waals surface area contributed by atoms with Crippen LogP contribution in [0.2, 0.25) is 0 Å². The van der Waals surface area contributed by atoms with Crippen LogP contribution in [0.25, 0.3) is 10.8 Å². The van der Waals surface area contributed by atoms with Crippen LogP contribution in [0, 0.1) is 0 Å². The van der Waals surface area contributed by atoms with Gasteiger partial charge in [-0.1, -0.05) is 25.1 Å². The predicted octanol–water partition coefficient (Wildman–Crippen LogP) is 2.51. The zero-order chi connectivity index (χ0) is 13.8. The highest BCUT2D eigenvalue weighted by molar-refractivity contribution is 5.87. The van der Waals surface area contributed by atoms with Crippen molar-refractivity contribution in [2.75, 3.05) is 19.8 Å². The van der Waals surface area contributed by atoms with Crippen LogP contribution < -0.4 is 10.1 Å². The molecule has 4 nitrogen and oxygen atoms in total. The van der Waals surface area contributed by atoms with Gasteiger partial charge in [0, 0.05) is 11.9 Å². The number of ether oxygens (including phenoxy) is 2. The molecule has 20 heavy (non-hydrogen) atoms. The molecule has 4 heteroatoms. The standard InChI is InChI=1S/C16H20N2O2/c1-2-7-17-9-13-8-12-5-3-4-6-15(12)16(18-13)20-14-10-19-11-14/h3-6,8,14,17H,2,7,9-11H2,1H3. The molecular weight excluding hydrogens is 252 g/mol. The fourth-order valence-corrected chi connectivity index (χ4v) is 2.23. The maximum Gasteiger partial charge on any atom is 0.222 e. The fraction of sp³-hybridized carbons (Fsp3) is 0.438. The summed E-state index contributed by atoms with van der Waals surface area (Å²) >= 11 is 0. The molecule has 0 atom stereocenters. The van der Waals surface area contributed by atoms with Gasteiger partial charge in [-0.25, -0.2) is 4.98 Å². The average Bonchev–Trinajstić information content (AvgIpc) is 2.43. The summed E-state index contributed by atoms with van der Waals surface area (Å²) in [5, 5.41) is 5.62. The van der Waals surface area contributed by atoms with Crippen LogP contribution in [0.4, 0.5) is 0 Å². The minimum absolute atomic E-state index is 0.143. The lowest BCUT2D eigenvalue weighted by molar-refractivity contribution is -0.0807. The number of fused-ring (bicyclic) bond motifs is 1. The Hall–Kier alpha value is -1.65. The van der Waals surface area contributed by atoms with Crippen molar-refractivity contribution in [1.29, 1.82) is 0 Å². The first kappa shape index (κ1) is 13.3. The van der Waals surface area contributed by atoms with Gasteiger partial charge in [0.15, 0.2) is 0 Å². The lowest BCUT2D eigenvalue weighted by Crippen LogP contribution is -2.38. The Kier molecular flexibility index (Phi) is 4.14. The van der Waals surface area contributed by atoms with E-state index in [0.29, 0.717) is 13.2 Å². The van der Waals surface area contributed by atoms with Gasteiger partial charge in [-0.2, -0.15) is 0 Å². The molecule has 1 aliphatic rings. The largest absolute Gasteiger partial charge is 0.469 e. The van der Waals surface area contributed by atoms with Crippen LogP contribution in [-0.2, 0) is 11.3 Å². The first-order chi connectivity index (χ1) is 9.86. The summed E-state index contributed by atoms with van der Waals surface area (Å²) in [6, 6.07) is 10.3. The third-order valence-electron chi connectivity index (χ3n) is 3.38. The second kappa shape index (κ2) is 6.20. The van der Waals surface area contributed by atoms with Crippen LogP contribution in [0.15, 0.2) is 30.3 Å². The highest BCUT2D eigenvalue weighted by Crippen LogP contribution is 2.26. The van der Waals surface area contributed by atoms with Crippen molar-refractivity contribution in [2.45, 2.75) is 26.0 Å². The van der Waals surface area contributed by atoms with E-state index in [0.717, 1.165) is 36.5 Å². The molecule has 0 aliphatic carbocycles. The summed E-state index contributed by atoms with van der Waals surface area (Å²) in [5.74, 6) is 0.727. The van der Waals surface area contributed by atoms with E-state index in [1.165, 1.54) is 5.39 Å². The van der Waals surface area contributed by atoms with Gasteiger partial charge in [-0.15, -0.1) is 0 Å². The van der Waals surface area contributed by atoms with Gasteiger partial charge in [0.05, 0.1) is 18.9 Å². The highest BCUT2D eigenvalue weighted by Gasteiger charge is 2.21. The Bertz CT molecular complexity index is 582. The average molecular weight is 272 g/mol. The lowest BCUT2D eigenvalue weighted by atomic mass is 10.1. The van der Waals surface area contributed by atoms with E-state index in [4.69, 9.17) is 9.47 Å². The van der Waals surface area contributed by atoms with E-state index in [9.17, 15) is 0 Å². The van der Waals surface area contributed by atoms with Gasteiger partial charge in [0.2, 0.25) is 5.88 Å². The van der Waals surface area contributed by atoms with Gasteiger partial charge >= 0.3 is 0 Å². The Morgan fingerprint density at radius 3 is 2.95 bits per heavy atom. The zero-order valence-corrected chi connectivity index (χ0v) is 11.8. The van der Waals surface area contributed by atoms with Crippen LogP contribution >= 0.6 is 0 Å². The van der Waals surface area contributed by atoms with Gasteiger partial charge in [-0.05, 0) is 30.5 Å². The normalized spacial score (nSPS) is 15.2. The molecule has 2 aromatic rings. The van der Waals surface area contributed by atoms with Gasteiger partial charge in [-0.3, -0.25) is 0 Å². The molecular formula is C16H20N2O2. The summed E-state index contributed by atoms with van der Waals surface area (Å²) in [7, 11) is 0. The van der Waals surface area contributed by atoms with Gasteiger partial charge in [0.1, 0.15) is 6.10 Å². The Balaban J connectivity index is 1.87. The van der Waals surface area contributed by atoms with Crippen LogP contribution in [0.1, 0.15) is 19.0 Å². The summed E-state index contributed by atoms with van der Waals surface area (Å²) in [4.78, 5) is 4.65. The number of nitrogens with one attached hydrogen (secondary N) is 1. The first-order valence-electron chi connectivity index (χ1n) is 7.20. The fourth-order valence-electron chi connectivity index (χ4n) is 2.23. The van der Waals surface area contributed by atoms with Crippen molar-refractivity contribution in [2.24, 2.45) is 0 Å². The first-order valence-corrected chi connectivity index (χ1v) is 7.20. The van der Waals surface area contributed by atoms with Crippen LogP contribution in [0.5, 0.6) is 5.88 Å². The van der Waals surface area contributed by atoms with E-state index >= 15 is 0 Å². The summed E-state index contributed by atoms with van der Waals surface area (Å²) in [5.41, 5.74) is 1.02. The number of hydrogen-bond donors (Lipinski definition) is 1. The molecule has 1 fully saturated rings. The van der Waals surface area contributed by atoms with E-state index in [1.54, 1.807) is 0 Å². The third-order valence-corrected chi connectivity index (χ3v) is 3.38. The van der Waals surface area contributed by atoms with E-state index < -0.39 is 0 Å². The smallest absolute Gasteiger partial charge is 0.222 e. The molecule has 1 aliphatic heterocycles. The Labute approximate surface area is 119 Å². The number of hydrogen-bond acceptors (Lipinski definition) is 4. The molecule has 0 unspecified atom stereocenters. The quantitative estimate of drug-likeness (QED) is 0.821. The second-order valence-corrected chi connectivity index (χ2v) is 5.09. The minimum atomic E-state index is 0.143. The van der Waals surface area contributed by atoms with Gasteiger partial charge in [0.25, 0.3) is 0 Å². The highest BCUT2D eigenvalue weighted by atomic mass is 16.6. The van der Waals surface area contributed by atoms with Gasteiger partial charge < -0.3 is 14.8 Å². The number of nitrogens with zero attached hydrogens (tertiary/aromatic N) is 1. The molecule has 1 aromatic heterocycles. The van der Waals surface area contributed by atoms with Crippen molar-refractivity contribution >= 4 is 10.8 Å². The molecule has 0 radical (unpaired) electrons. The van der Waals surface area contributed by atoms with Crippen molar-refractivity contribution in [3.63, 3.8) is 0 Å². The topological polar surface area (TPSA) is 43.4 Å². The Morgan fingerprint density at radius 1 is 1.35 bits per heavy atom. The van der Waals surface area contributed by atoms with Crippen molar-refractivity contribution < 1.29 is 9.47 Å². The number of aromatic nitrogens is 1. The molecule has 1 saturated heterocycles. The molecule has 0 amide bonds. The van der Waals surface area contributed by atoms with Crippen molar-refractivity contribution in [3.05, 3.63) is 36.0 Å². The van der Waals surface area contributed by atoms with Crippen LogP contribution in [-0.4, -0.2) is 30.8 Å². The summed E-state index contributed by atoms with van der Waals surface area (Å²) in [6.45, 7) is 5.26. The molecule has 3 rings (SSSR count). The molecule has 0 bridgehead atoms. The predicted molar refractivity (Wildman–Crippen MR) is 79.0 cm³/mol. The molecule has 2 heterocycles. The monoisotopic (exact) mass is 272 g/mol. The van der Waals surface area contributed by atoms with Crippen molar-refractivity contribution in [3.8, 4) is 5.88 Å². The third kappa shape index (κ3) is 2.92. The number of rotatable bonds is 6. The maximum atomic E-state index is 5.95. The molecule has 1 N–H and O–H groups in total. The minimum Gasteiger partial charge on any atom is -0.469 e. The van der Waals surface area contributed by atoms with Crippen molar-refractivity contribution in [1.82, 2.24) is 10.3 Å².